The Morgan fingerprint density at radius 2 is 1.96 bits per heavy atom. The molecule has 24 heavy (non-hydrogen) atoms. The standard InChI is InChI=1S/C16H22N4O3S/c1-17-16(18-10-9-14-7-5-11-23-14)19-12-13-6-3-4-8-15(13)20-24(2,21)22/h3-8,11,20H,9-10,12H2,1-2H3,(H2,17,18,19). The van der Waals surface area contributed by atoms with Crippen LogP contribution in [0.2, 0.25) is 0 Å². The van der Waals surface area contributed by atoms with Gasteiger partial charge < -0.3 is 15.1 Å². The lowest BCUT2D eigenvalue weighted by Crippen LogP contribution is -2.38. The van der Waals surface area contributed by atoms with Gasteiger partial charge in [-0.05, 0) is 23.8 Å². The summed E-state index contributed by atoms with van der Waals surface area (Å²) in [7, 11) is -1.63. The third kappa shape index (κ3) is 5.96. The number of rotatable bonds is 7. The summed E-state index contributed by atoms with van der Waals surface area (Å²) in [6.07, 6.45) is 3.53. The van der Waals surface area contributed by atoms with Crippen molar-refractivity contribution >= 4 is 21.7 Å². The number of para-hydroxylation sites is 1. The van der Waals surface area contributed by atoms with E-state index in [2.05, 4.69) is 20.3 Å². The molecule has 0 fully saturated rings. The van der Waals surface area contributed by atoms with Crippen LogP contribution in [0.5, 0.6) is 0 Å². The zero-order chi connectivity index (χ0) is 17.4. The third-order valence-corrected chi connectivity index (χ3v) is 3.82. The molecule has 7 nitrogen and oxygen atoms in total. The van der Waals surface area contributed by atoms with Gasteiger partial charge in [-0.25, -0.2) is 8.42 Å². The first-order valence-corrected chi connectivity index (χ1v) is 9.39. The molecule has 0 radical (unpaired) electrons. The van der Waals surface area contributed by atoms with E-state index in [1.165, 1.54) is 0 Å². The van der Waals surface area contributed by atoms with Crippen LogP contribution < -0.4 is 15.4 Å². The van der Waals surface area contributed by atoms with Crippen LogP contribution in [-0.2, 0) is 23.0 Å². The molecule has 0 atom stereocenters. The Balaban J connectivity index is 1.89. The molecule has 0 saturated carbocycles. The fraction of sp³-hybridized carbons (Fsp3) is 0.312. The molecule has 1 aromatic carbocycles. The fourth-order valence-electron chi connectivity index (χ4n) is 2.13. The Hall–Kier alpha value is -2.48. The molecule has 1 heterocycles. The Morgan fingerprint density at radius 3 is 2.62 bits per heavy atom. The number of furan rings is 1. The molecular weight excluding hydrogens is 328 g/mol. The zero-order valence-corrected chi connectivity index (χ0v) is 14.6. The maximum atomic E-state index is 11.4. The van der Waals surface area contributed by atoms with E-state index >= 15 is 0 Å². The average Bonchev–Trinajstić information content (AvgIpc) is 3.04. The van der Waals surface area contributed by atoms with Crippen LogP contribution in [-0.4, -0.2) is 34.2 Å². The maximum absolute atomic E-state index is 11.4. The molecule has 0 saturated heterocycles. The minimum atomic E-state index is -3.32. The SMILES string of the molecule is CN=C(NCCc1ccco1)NCc1ccccc1NS(C)(=O)=O. The number of guanidine groups is 1. The monoisotopic (exact) mass is 350 g/mol. The summed E-state index contributed by atoms with van der Waals surface area (Å²) >= 11 is 0. The van der Waals surface area contributed by atoms with Crippen molar-refractivity contribution in [3.8, 4) is 0 Å². The molecule has 1 aromatic heterocycles. The molecule has 0 amide bonds. The topological polar surface area (TPSA) is 95.7 Å². The molecule has 2 aromatic rings. The highest BCUT2D eigenvalue weighted by Gasteiger charge is 2.07. The minimum Gasteiger partial charge on any atom is -0.469 e. The summed E-state index contributed by atoms with van der Waals surface area (Å²) in [6.45, 7) is 1.12. The largest absolute Gasteiger partial charge is 0.469 e. The summed E-state index contributed by atoms with van der Waals surface area (Å²) in [5, 5.41) is 6.35. The summed E-state index contributed by atoms with van der Waals surface area (Å²) < 4.78 is 30.6. The molecule has 0 aliphatic heterocycles. The highest BCUT2D eigenvalue weighted by Crippen LogP contribution is 2.15. The number of sulfonamides is 1. The molecule has 8 heteroatoms. The van der Waals surface area contributed by atoms with E-state index in [0.29, 0.717) is 24.7 Å². The number of nitrogens with zero attached hydrogens (tertiary/aromatic N) is 1. The number of benzene rings is 1. The highest BCUT2D eigenvalue weighted by molar-refractivity contribution is 7.92. The Bertz CT molecular complexity index is 770. The lowest BCUT2D eigenvalue weighted by Gasteiger charge is -2.14. The predicted octanol–water partition coefficient (Wildman–Crippen LogP) is 1.56. The van der Waals surface area contributed by atoms with Crippen LogP contribution in [0.3, 0.4) is 0 Å². The molecule has 0 bridgehead atoms. The van der Waals surface area contributed by atoms with Crippen molar-refractivity contribution in [2.24, 2.45) is 4.99 Å². The van der Waals surface area contributed by atoms with Crippen molar-refractivity contribution in [2.45, 2.75) is 13.0 Å². The quantitative estimate of drug-likeness (QED) is 0.520. The van der Waals surface area contributed by atoms with Crippen LogP contribution in [0.1, 0.15) is 11.3 Å². The average molecular weight is 350 g/mol. The number of aliphatic imine (C=N–C) groups is 1. The molecule has 3 N–H and O–H groups in total. The van der Waals surface area contributed by atoms with E-state index in [1.807, 2.05) is 24.3 Å². The van der Waals surface area contributed by atoms with Crippen molar-refractivity contribution in [2.75, 3.05) is 24.6 Å². The van der Waals surface area contributed by atoms with Gasteiger partial charge in [0.15, 0.2) is 5.96 Å². The maximum Gasteiger partial charge on any atom is 0.229 e. The van der Waals surface area contributed by atoms with Gasteiger partial charge >= 0.3 is 0 Å². The summed E-state index contributed by atoms with van der Waals surface area (Å²) in [4.78, 5) is 4.15. The van der Waals surface area contributed by atoms with Gasteiger partial charge in [0.25, 0.3) is 0 Å². The number of hydrogen-bond acceptors (Lipinski definition) is 4. The van der Waals surface area contributed by atoms with E-state index in [4.69, 9.17) is 4.42 Å². The number of hydrogen-bond donors (Lipinski definition) is 3. The second-order valence-electron chi connectivity index (χ2n) is 5.21. The van der Waals surface area contributed by atoms with Crippen molar-refractivity contribution in [3.05, 3.63) is 54.0 Å². The lowest BCUT2D eigenvalue weighted by molar-refractivity contribution is 0.507. The normalized spacial score (nSPS) is 12.0. The molecule has 2 rings (SSSR count). The van der Waals surface area contributed by atoms with Crippen molar-refractivity contribution in [1.82, 2.24) is 10.6 Å². The number of anilines is 1. The Morgan fingerprint density at radius 1 is 1.17 bits per heavy atom. The van der Waals surface area contributed by atoms with Crippen molar-refractivity contribution in [1.29, 1.82) is 0 Å². The first-order chi connectivity index (χ1) is 11.5. The summed E-state index contributed by atoms with van der Waals surface area (Å²) in [5.74, 6) is 1.54. The van der Waals surface area contributed by atoms with Gasteiger partial charge in [-0.3, -0.25) is 9.71 Å². The molecular formula is C16H22N4O3S. The van der Waals surface area contributed by atoms with Crippen LogP contribution in [0.4, 0.5) is 5.69 Å². The van der Waals surface area contributed by atoms with E-state index in [-0.39, 0.29) is 0 Å². The van der Waals surface area contributed by atoms with Gasteiger partial charge in [-0.1, -0.05) is 18.2 Å². The van der Waals surface area contributed by atoms with Crippen molar-refractivity contribution in [3.63, 3.8) is 0 Å². The summed E-state index contributed by atoms with van der Waals surface area (Å²) in [5.41, 5.74) is 1.38. The van der Waals surface area contributed by atoms with Crippen molar-refractivity contribution < 1.29 is 12.8 Å². The minimum absolute atomic E-state index is 0.444. The van der Waals surface area contributed by atoms with Crippen LogP contribution in [0.25, 0.3) is 0 Å². The van der Waals surface area contributed by atoms with Crippen LogP contribution in [0.15, 0.2) is 52.1 Å². The zero-order valence-electron chi connectivity index (χ0n) is 13.7. The van der Waals surface area contributed by atoms with Gasteiger partial charge in [0.2, 0.25) is 10.0 Å². The van der Waals surface area contributed by atoms with Gasteiger partial charge in [-0.2, -0.15) is 0 Å². The number of nitrogens with one attached hydrogen (secondary N) is 3. The molecule has 0 spiro atoms. The second-order valence-corrected chi connectivity index (χ2v) is 6.96. The molecule has 0 aliphatic carbocycles. The Labute approximate surface area is 142 Å². The van der Waals surface area contributed by atoms with E-state index in [0.717, 1.165) is 24.0 Å². The van der Waals surface area contributed by atoms with E-state index < -0.39 is 10.0 Å². The van der Waals surface area contributed by atoms with Crippen LogP contribution >= 0.6 is 0 Å². The molecule has 130 valence electrons. The Kier molecular flexibility index (Phi) is 6.25. The fourth-order valence-corrected chi connectivity index (χ4v) is 2.73. The predicted molar refractivity (Wildman–Crippen MR) is 95.5 cm³/mol. The lowest BCUT2D eigenvalue weighted by atomic mass is 10.2. The van der Waals surface area contributed by atoms with E-state index in [9.17, 15) is 8.42 Å². The van der Waals surface area contributed by atoms with E-state index in [1.54, 1.807) is 25.4 Å². The van der Waals surface area contributed by atoms with Gasteiger partial charge in [0.05, 0.1) is 18.2 Å². The third-order valence-electron chi connectivity index (χ3n) is 3.23. The van der Waals surface area contributed by atoms with Gasteiger partial charge in [0.1, 0.15) is 5.76 Å². The van der Waals surface area contributed by atoms with Gasteiger partial charge in [0, 0.05) is 26.6 Å². The molecule has 0 unspecified atom stereocenters. The second kappa shape index (κ2) is 8.39. The van der Waals surface area contributed by atoms with Crippen LogP contribution in [0, 0.1) is 0 Å². The molecule has 0 aliphatic rings. The first-order valence-electron chi connectivity index (χ1n) is 7.50. The highest BCUT2D eigenvalue weighted by atomic mass is 32.2. The van der Waals surface area contributed by atoms with Gasteiger partial charge in [-0.15, -0.1) is 0 Å². The first kappa shape index (κ1) is 17.9. The smallest absolute Gasteiger partial charge is 0.229 e. The summed E-state index contributed by atoms with van der Waals surface area (Å²) in [6, 6.07) is 11.0.